The van der Waals surface area contributed by atoms with Crippen molar-refractivity contribution in [3.63, 3.8) is 0 Å². The van der Waals surface area contributed by atoms with Crippen LogP contribution < -0.4 is 11.1 Å². The zero-order valence-electron chi connectivity index (χ0n) is 9.79. The molecule has 0 unspecified atom stereocenters. The monoisotopic (exact) mass is 301 g/mol. The minimum absolute atomic E-state index is 0.149. The molecule has 0 aromatic heterocycles. The maximum atomic E-state index is 11.6. The lowest BCUT2D eigenvalue weighted by molar-refractivity contribution is -0.384. The molecule has 0 radical (unpaired) electrons. The molecule has 0 aliphatic carbocycles. The number of rotatable bonds is 4. The number of benzene rings is 1. The molecular weight excluding hydrogens is 294 g/mol. The standard InChI is InChI=1S/C10H8ClN3O6/c11-7-3-5(14(18)19)1-2-6(7)9(16)20-4-8(15)13-10(12)17/h1-3H,4H2,(H3,12,13,15,17). The summed E-state index contributed by atoms with van der Waals surface area (Å²) >= 11 is 5.69. The van der Waals surface area contributed by atoms with Gasteiger partial charge in [-0.25, -0.2) is 9.59 Å². The summed E-state index contributed by atoms with van der Waals surface area (Å²) in [5.74, 6) is -1.88. The molecule has 3 amide bonds. The molecule has 1 aromatic carbocycles. The number of nitro groups is 1. The number of hydrogen-bond donors (Lipinski definition) is 2. The first-order valence-electron chi connectivity index (χ1n) is 5.01. The van der Waals surface area contributed by atoms with Crippen LogP contribution in [-0.4, -0.2) is 29.4 Å². The summed E-state index contributed by atoms with van der Waals surface area (Å²) in [7, 11) is 0. The fraction of sp³-hybridized carbons (Fsp3) is 0.100. The Balaban J connectivity index is 2.71. The Morgan fingerprint density at radius 1 is 1.40 bits per heavy atom. The van der Waals surface area contributed by atoms with Crippen LogP contribution in [0.5, 0.6) is 0 Å². The highest BCUT2D eigenvalue weighted by molar-refractivity contribution is 6.33. The SMILES string of the molecule is NC(=O)NC(=O)COC(=O)c1ccc([N+](=O)[O-])cc1Cl. The Kier molecular flexibility index (Phi) is 4.98. The van der Waals surface area contributed by atoms with E-state index in [1.807, 2.05) is 0 Å². The van der Waals surface area contributed by atoms with E-state index in [-0.39, 0.29) is 16.3 Å². The smallest absolute Gasteiger partial charge is 0.340 e. The van der Waals surface area contributed by atoms with Crippen LogP contribution in [0.2, 0.25) is 5.02 Å². The predicted octanol–water partition coefficient (Wildman–Crippen LogP) is 0.600. The van der Waals surface area contributed by atoms with E-state index >= 15 is 0 Å². The number of carbonyl (C=O) groups is 3. The third-order valence-corrected chi connectivity index (χ3v) is 2.29. The van der Waals surface area contributed by atoms with Gasteiger partial charge in [0.25, 0.3) is 11.6 Å². The summed E-state index contributed by atoms with van der Waals surface area (Å²) in [5.41, 5.74) is 4.24. The number of ether oxygens (including phenoxy) is 1. The summed E-state index contributed by atoms with van der Waals surface area (Å²) < 4.78 is 4.56. The lowest BCUT2D eigenvalue weighted by atomic mass is 10.2. The number of esters is 1. The lowest BCUT2D eigenvalue weighted by Gasteiger charge is -2.05. The van der Waals surface area contributed by atoms with Crippen molar-refractivity contribution in [2.75, 3.05) is 6.61 Å². The molecule has 0 bridgehead atoms. The minimum atomic E-state index is -1.08. The van der Waals surface area contributed by atoms with Crippen molar-refractivity contribution in [1.82, 2.24) is 5.32 Å². The van der Waals surface area contributed by atoms with Gasteiger partial charge in [0, 0.05) is 12.1 Å². The van der Waals surface area contributed by atoms with Gasteiger partial charge in [-0.05, 0) is 6.07 Å². The molecule has 3 N–H and O–H groups in total. The van der Waals surface area contributed by atoms with Crippen LogP contribution in [0.1, 0.15) is 10.4 Å². The molecular formula is C10H8ClN3O6. The molecule has 1 aromatic rings. The van der Waals surface area contributed by atoms with Gasteiger partial charge < -0.3 is 10.5 Å². The summed E-state index contributed by atoms with van der Waals surface area (Å²) in [6.07, 6.45) is 0. The molecule has 0 fully saturated rings. The predicted molar refractivity (Wildman–Crippen MR) is 66.1 cm³/mol. The number of halogens is 1. The van der Waals surface area contributed by atoms with E-state index in [2.05, 4.69) is 10.5 Å². The Morgan fingerprint density at radius 2 is 2.05 bits per heavy atom. The van der Waals surface area contributed by atoms with E-state index in [0.29, 0.717) is 0 Å². The number of amides is 3. The molecule has 106 valence electrons. The number of primary amides is 1. The van der Waals surface area contributed by atoms with Crippen molar-refractivity contribution in [3.8, 4) is 0 Å². The second-order valence-corrected chi connectivity index (χ2v) is 3.82. The Labute approximate surface area is 116 Å². The zero-order valence-corrected chi connectivity index (χ0v) is 10.5. The summed E-state index contributed by atoms with van der Waals surface area (Å²) in [4.78, 5) is 42.7. The summed E-state index contributed by atoms with van der Waals surface area (Å²) in [6, 6.07) is 2.04. The van der Waals surface area contributed by atoms with Gasteiger partial charge in [0.15, 0.2) is 6.61 Å². The normalized spacial score (nSPS) is 9.65. The lowest BCUT2D eigenvalue weighted by Crippen LogP contribution is -2.37. The average molecular weight is 302 g/mol. The van der Waals surface area contributed by atoms with Gasteiger partial charge in [-0.1, -0.05) is 11.6 Å². The van der Waals surface area contributed by atoms with Crippen molar-refractivity contribution >= 4 is 35.2 Å². The highest BCUT2D eigenvalue weighted by Crippen LogP contribution is 2.22. The fourth-order valence-corrected chi connectivity index (χ4v) is 1.42. The third kappa shape index (κ3) is 4.21. The van der Waals surface area contributed by atoms with Crippen molar-refractivity contribution < 1.29 is 24.0 Å². The number of nitrogens with one attached hydrogen (secondary N) is 1. The number of carbonyl (C=O) groups excluding carboxylic acids is 3. The average Bonchev–Trinajstić information content (AvgIpc) is 2.34. The highest BCUT2D eigenvalue weighted by atomic mass is 35.5. The van der Waals surface area contributed by atoms with Gasteiger partial charge in [-0.15, -0.1) is 0 Å². The molecule has 20 heavy (non-hydrogen) atoms. The van der Waals surface area contributed by atoms with Gasteiger partial charge in [0.05, 0.1) is 15.5 Å². The first-order valence-corrected chi connectivity index (χ1v) is 5.39. The number of nitro benzene ring substituents is 1. The second kappa shape index (κ2) is 6.48. The number of nitrogens with two attached hydrogens (primary N) is 1. The fourth-order valence-electron chi connectivity index (χ4n) is 1.17. The molecule has 0 saturated carbocycles. The first kappa shape index (κ1) is 15.4. The zero-order chi connectivity index (χ0) is 15.3. The number of urea groups is 1. The van der Waals surface area contributed by atoms with Gasteiger partial charge in [-0.3, -0.25) is 20.2 Å². The summed E-state index contributed by atoms with van der Waals surface area (Å²) in [5, 5.41) is 12.0. The molecule has 0 aliphatic rings. The van der Waals surface area contributed by atoms with Crippen molar-refractivity contribution in [3.05, 3.63) is 38.9 Å². The molecule has 0 spiro atoms. The highest BCUT2D eigenvalue weighted by Gasteiger charge is 2.17. The van der Waals surface area contributed by atoms with E-state index < -0.39 is 29.4 Å². The number of hydrogen-bond acceptors (Lipinski definition) is 6. The van der Waals surface area contributed by atoms with Crippen molar-refractivity contribution in [1.29, 1.82) is 0 Å². The molecule has 0 heterocycles. The van der Waals surface area contributed by atoms with E-state index in [9.17, 15) is 24.5 Å². The molecule has 9 nitrogen and oxygen atoms in total. The van der Waals surface area contributed by atoms with Crippen LogP contribution in [0.25, 0.3) is 0 Å². The largest absolute Gasteiger partial charge is 0.452 e. The topological polar surface area (TPSA) is 142 Å². The maximum absolute atomic E-state index is 11.6. The molecule has 0 aliphatic heterocycles. The van der Waals surface area contributed by atoms with E-state index in [1.54, 1.807) is 5.32 Å². The maximum Gasteiger partial charge on any atom is 0.340 e. The molecule has 1 rings (SSSR count). The Hall–Kier alpha value is -2.68. The van der Waals surface area contributed by atoms with Gasteiger partial charge in [0.1, 0.15) is 0 Å². The number of non-ortho nitro benzene ring substituents is 1. The van der Waals surface area contributed by atoms with Crippen LogP contribution in [0.3, 0.4) is 0 Å². The Bertz CT molecular complexity index is 588. The molecule has 0 saturated heterocycles. The van der Waals surface area contributed by atoms with Gasteiger partial charge in [0.2, 0.25) is 0 Å². The third-order valence-electron chi connectivity index (χ3n) is 1.98. The summed E-state index contributed by atoms with van der Waals surface area (Å²) in [6.45, 7) is -0.741. The van der Waals surface area contributed by atoms with Crippen LogP contribution in [-0.2, 0) is 9.53 Å². The van der Waals surface area contributed by atoms with Crippen LogP contribution in [0, 0.1) is 10.1 Å². The number of imide groups is 1. The van der Waals surface area contributed by atoms with Crippen LogP contribution in [0.4, 0.5) is 10.5 Å². The minimum Gasteiger partial charge on any atom is -0.452 e. The molecule has 10 heteroatoms. The van der Waals surface area contributed by atoms with Gasteiger partial charge >= 0.3 is 12.0 Å². The van der Waals surface area contributed by atoms with Crippen molar-refractivity contribution in [2.45, 2.75) is 0 Å². The van der Waals surface area contributed by atoms with Crippen LogP contribution >= 0.6 is 11.6 Å². The van der Waals surface area contributed by atoms with Crippen LogP contribution in [0.15, 0.2) is 18.2 Å². The van der Waals surface area contributed by atoms with E-state index in [4.69, 9.17) is 11.6 Å². The van der Waals surface area contributed by atoms with Gasteiger partial charge in [-0.2, -0.15) is 0 Å². The van der Waals surface area contributed by atoms with E-state index in [1.165, 1.54) is 0 Å². The Morgan fingerprint density at radius 3 is 2.55 bits per heavy atom. The quantitative estimate of drug-likeness (QED) is 0.473. The van der Waals surface area contributed by atoms with E-state index in [0.717, 1.165) is 18.2 Å². The second-order valence-electron chi connectivity index (χ2n) is 3.41. The first-order chi connectivity index (χ1) is 9.31. The number of nitrogens with zero attached hydrogens (tertiary/aromatic N) is 1. The van der Waals surface area contributed by atoms with Crippen molar-refractivity contribution in [2.24, 2.45) is 5.73 Å². The molecule has 0 atom stereocenters.